The van der Waals surface area contributed by atoms with Crippen LogP contribution >= 0.6 is 22.7 Å². The number of thiophene rings is 2. The number of para-hydroxylation sites is 1. The minimum Gasteiger partial charge on any atom is -0.309 e. The molecule has 0 aliphatic carbocycles. The van der Waals surface area contributed by atoms with E-state index in [4.69, 9.17) is 15.0 Å². The molecule has 0 bridgehead atoms. The predicted molar refractivity (Wildman–Crippen MR) is 242 cm³/mol. The van der Waals surface area contributed by atoms with Gasteiger partial charge in [0.25, 0.3) is 0 Å². The Labute approximate surface area is 335 Å². The van der Waals surface area contributed by atoms with E-state index in [0.717, 1.165) is 39.0 Å². The van der Waals surface area contributed by atoms with Crippen LogP contribution in [-0.2, 0) is 0 Å². The van der Waals surface area contributed by atoms with Gasteiger partial charge in [0.15, 0.2) is 17.5 Å². The fourth-order valence-electron chi connectivity index (χ4n) is 8.39. The molecule has 0 radical (unpaired) electrons. The van der Waals surface area contributed by atoms with Crippen LogP contribution in [0.3, 0.4) is 0 Å². The molecule has 0 saturated heterocycles. The molecule has 4 heterocycles. The van der Waals surface area contributed by atoms with Gasteiger partial charge in [-0.25, -0.2) is 15.0 Å². The number of aromatic nitrogens is 4. The molecule has 4 aromatic heterocycles. The summed E-state index contributed by atoms with van der Waals surface area (Å²) in [6.07, 6.45) is 0. The van der Waals surface area contributed by atoms with Gasteiger partial charge in [0.1, 0.15) is 0 Å². The molecular weight excluding hydrogens is 733 g/mol. The number of nitrogens with zero attached hydrogens (tertiary/aromatic N) is 4. The lowest BCUT2D eigenvalue weighted by atomic mass is 9.99. The smallest absolute Gasteiger partial charge is 0.164 e. The lowest BCUT2D eigenvalue weighted by Gasteiger charge is -2.14. The van der Waals surface area contributed by atoms with E-state index in [1.165, 1.54) is 56.6 Å². The second kappa shape index (κ2) is 12.8. The second-order valence-corrected chi connectivity index (χ2v) is 16.5. The van der Waals surface area contributed by atoms with E-state index in [2.05, 4.69) is 150 Å². The third-order valence-corrected chi connectivity index (χ3v) is 13.4. The van der Waals surface area contributed by atoms with Crippen molar-refractivity contribution in [3.63, 3.8) is 0 Å². The van der Waals surface area contributed by atoms with Gasteiger partial charge in [0, 0.05) is 73.5 Å². The highest BCUT2D eigenvalue weighted by Gasteiger charge is 2.20. The number of hydrogen-bond acceptors (Lipinski definition) is 5. The molecule has 0 spiro atoms. The Hall–Kier alpha value is -6.99. The standard InChI is InChI=1S/C51H30N4S2/c1-3-13-31(14-4-1)49-52-50(32-15-5-2-6-16-32)54-51(53-49)35-27-34(33-23-26-46-41(30-33)38-18-9-11-21-44(38)56-46)28-36(29-35)55-42-20-10-7-19-40(42)47-43(55)25-24-39-37-17-8-12-22-45(37)57-48(39)47/h1-30H. The van der Waals surface area contributed by atoms with Gasteiger partial charge in [-0.05, 0) is 65.7 Å². The van der Waals surface area contributed by atoms with Crippen LogP contribution in [0.2, 0.25) is 0 Å². The van der Waals surface area contributed by atoms with Crippen molar-refractivity contribution in [2.24, 2.45) is 0 Å². The summed E-state index contributed by atoms with van der Waals surface area (Å²) < 4.78 is 7.62. The van der Waals surface area contributed by atoms with Gasteiger partial charge in [-0.2, -0.15) is 0 Å². The zero-order valence-corrected chi connectivity index (χ0v) is 32.1. The Kier molecular flexibility index (Phi) is 7.24. The molecule has 0 atom stereocenters. The summed E-state index contributed by atoms with van der Waals surface area (Å²) in [4.78, 5) is 15.4. The van der Waals surface area contributed by atoms with Gasteiger partial charge >= 0.3 is 0 Å². The van der Waals surface area contributed by atoms with E-state index in [-0.39, 0.29) is 0 Å². The van der Waals surface area contributed by atoms with Crippen LogP contribution in [0.15, 0.2) is 182 Å². The second-order valence-electron chi connectivity index (χ2n) is 14.4. The zero-order valence-electron chi connectivity index (χ0n) is 30.4. The first-order valence-electron chi connectivity index (χ1n) is 19.0. The summed E-state index contributed by atoms with van der Waals surface area (Å²) in [5, 5.41) is 7.66. The first-order chi connectivity index (χ1) is 28.2. The van der Waals surface area contributed by atoms with E-state index in [0.29, 0.717) is 17.5 Å². The lowest BCUT2D eigenvalue weighted by Crippen LogP contribution is -2.01. The van der Waals surface area contributed by atoms with Crippen molar-refractivity contribution >= 4 is 84.8 Å². The largest absolute Gasteiger partial charge is 0.309 e. The molecule has 8 aromatic carbocycles. The van der Waals surface area contributed by atoms with Crippen molar-refractivity contribution < 1.29 is 0 Å². The maximum Gasteiger partial charge on any atom is 0.164 e. The Morgan fingerprint density at radius 3 is 1.61 bits per heavy atom. The molecule has 0 aliphatic heterocycles. The van der Waals surface area contributed by atoms with Crippen LogP contribution in [-0.4, -0.2) is 19.5 Å². The fourth-order valence-corrected chi connectivity index (χ4v) is 10.7. The highest BCUT2D eigenvalue weighted by Crippen LogP contribution is 2.44. The molecule has 6 heteroatoms. The van der Waals surface area contributed by atoms with Crippen LogP contribution in [0, 0.1) is 0 Å². The maximum atomic E-state index is 5.20. The average molecular weight is 763 g/mol. The van der Waals surface area contributed by atoms with Crippen LogP contribution in [0.25, 0.3) is 113 Å². The van der Waals surface area contributed by atoms with Crippen molar-refractivity contribution in [1.29, 1.82) is 0 Å². The van der Waals surface area contributed by atoms with Crippen molar-refractivity contribution in [3.8, 4) is 51.0 Å². The number of benzene rings is 8. The predicted octanol–water partition coefficient (Wildman–Crippen LogP) is 14.4. The third-order valence-electron chi connectivity index (χ3n) is 11.0. The van der Waals surface area contributed by atoms with Gasteiger partial charge < -0.3 is 4.57 Å². The Morgan fingerprint density at radius 1 is 0.333 bits per heavy atom. The Bertz CT molecular complexity index is 3470. The first-order valence-corrected chi connectivity index (χ1v) is 20.6. The monoisotopic (exact) mass is 762 g/mol. The van der Waals surface area contributed by atoms with E-state index < -0.39 is 0 Å². The minimum absolute atomic E-state index is 0.625. The van der Waals surface area contributed by atoms with Crippen molar-refractivity contribution in [2.45, 2.75) is 0 Å². The van der Waals surface area contributed by atoms with Crippen molar-refractivity contribution in [3.05, 3.63) is 182 Å². The quantitative estimate of drug-likeness (QED) is 0.175. The summed E-state index contributed by atoms with van der Waals surface area (Å²) >= 11 is 3.72. The fraction of sp³-hybridized carbons (Fsp3) is 0. The van der Waals surface area contributed by atoms with Gasteiger partial charge in [0.2, 0.25) is 0 Å². The summed E-state index contributed by atoms with van der Waals surface area (Å²) in [6.45, 7) is 0. The van der Waals surface area contributed by atoms with Gasteiger partial charge in [-0.3, -0.25) is 0 Å². The molecule has 12 aromatic rings. The molecular formula is C51H30N4S2. The molecule has 0 amide bonds. The van der Waals surface area contributed by atoms with Gasteiger partial charge in [-0.15, -0.1) is 22.7 Å². The molecule has 0 unspecified atom stereocenters. The van der Waals surface area contributed by atoms with Crippen molar-refractivity contribution in [2.75, 3.05) is 0 Å². The summed E-state index contributed by atoms with van der Waals surface area (Å²) in [5.74, 6) is 1.91. The van der Waals surface area contributed by atoms with E-state index in [1.807, 2.05) is 59.1 Å². The molecule has 0 fully saturated rings. The zero-order chi connectivity index (χ0) is 37.5. The molecule has 266 valence electrons. The minimum atomic E-state index is 0.625. The average Bonchev–Trinajstić information content (AvgIpc) is 3.96. The molecule has 0 aliphatic rings. The van der Waals surface area contributed by atoms with E-state index in [1.54, 1.807) is 0 Å². The third kappa shape index (κ3) is 5.22. The normalized spacial score (nSPS) is 11.9. The maximum absolute atomic E-state index is 5.20. The molecule has 0 N–H and O–H groups in total. The highest BCUT2D eigenvalue weighted by atomic mass is 32.1. The Balaban J connectivity index is 1.16. The highest BCUT2D eigenvalue weighted by molar-refractivity contribution is 7.27. The van der Waals surface area contributed by atoms with Gasteiger partial charge in [0.05, 0.1) is 11.0 Å². The van der Waals surface area contributed by atoms with Crippen LogP contribution in [0.4, 0.5) is 0 Å². The van der Waals surface area contributed by atoms with Crippen LogP contribution in [0.5, 0.6) is 0 Å². The molecule has 4 nitrogen and oxygen atoms in total. The molecule has 0 saturated carbocycles. The molecule has 12 rings (SSSR count). The van der Waals surface area contributed by atoms with Crippen molar-refractivity contribution in [1.82, 2.24) is 19.5 Å². The number of rotatable bonds is 5. The van der Waals surface area contributed by atoms with Gasteiger partial charge in [-0.1, -0.05) is 127 Å². The van der Waals surface area contributed by atoms with Crippen LogP contribution in [0.1, 0.15) is 0 Å². The van der Waals surface area contributed by atoms with E-state index in [9.17, 15) is 0 Å². The van der Waals surface area contributed by atoms with E-state index >= 15 is 0 Å². The topological polar surface area (TPSA) is 43.6 Å². The SMILES string of the molecule is c1ccc(-c2nc(-c3ccccc3)nc(-c3cc(-c4ccc5sc6ccccc6c5c4)cc(-n4c5ccccc5c5c6sc7ccccc7c6ccc54)c3)n2)cc1. The number of fused-ring (bicyclic) bond motifs is 10. The lowest BCUT2D eigenvalue weighted by molar-refractivity contribution is 1.07. The molecule has 57 heavy (non-hydrogen) atoms. The van der Waals surface area contributed by atoms with Crippen LogP contribution < -0.4 is 0 Å². The number of hydrogen-bond donors (Lipinski definition) is 0. The Morgan fingerprint density at radius 2 is 0.895 bits per heavy atom. The first kappa shape index (κ1) is 32.3. The summed E-state index contributed by atoms with van der Waals surface area (Å²) in [5.41, 5.74) is 8.42. The summed E-state index contributed by atoms with van der Waals surface area (Å²) in [7, 11) is 0. The summed E-state index contributed by atoms with van der Waals surface area (Å²) in [6, 6.07) is 64.9.